The Hall–Kier alpha value is -6.68. The summed E-state index contributed by atoms with van der Waals surface area (Å²) in [6.07, 6.45) is 0. The Kier molecular flexibility index (Phi) is 7.42. The van der Waals surface area contributed by atoms with E-state index in [2.05, 4.69) is 190 Å². The van der Waals surface area contributed by atoms with Crippen LogP contribution < -0.4 is 0 Å². The highest BCUT2D eigenvalue weighted by Crippen LogP contribution is 2.53. The molecule has 0 saturated carbocycles. The summed E-state index contributed by atoms with van der Waals surface area (Å²) < 4.78 is 2.63. The summed E-state index contributed by atoms with van der Waals surface area (Å²) in [5.41, 5.74) is 15.0. The minimum Gasteiger partial charge on any atom is -0.228 e. The first-order chi connectivity index (χ1) is 27.5. The highest BCUT2D eigenvalue weighted by molar-refractivity contribution is 7.25. The van der Waals surface area contributed by atoms with E-state index in [1.54, 1.807) is 0 Å². The van der Waals surface area contributed by atoms with E-state index in [-0.39, 0.29) is 5.41 Å². The first kappa shape index (κ1) is 32.7. The van der Waals surface area contributed by atoms with Gasteiger partial charge in [-0.3, -0.25) is 0 Å². The number of benzene rings is 8. The molecule has 0 spiro atoms. The molecule has 264 valence electrons. The lowest BCUT2D eigenvalue weighted by molar-refractivity contribution is 0.661. The first-order valence-corrected chi connectivity index (χ1v) is 20.1. The van der Waals surface area contributed by atoms with Gasteiger partial charge in [0.2, 0.25) is 0 Å². The quantitative estimate of drug-likeness (QED) is 0.176. The Morgan fingerprint density at radius 3 is 1.88 bits per heavy atom. The van der Waals surface area contributed by atoms with E-state index in [0.29, 0.717) is 0 Å². The maximum absolute atomic E-state index is 5.30. The summed E-state index contributed by atoms with van der Waals surface area (Å²) in [5, 5.41) is 5.16. The maximum Gasteiger partial charge on any atom is 0.160 e. The predicted molar refractivity (Wildman–Crippen MR) is 237 cm³/mol. The van der Waals surface area contributed by atoms with Gasteiger partial charge in [-0.15, -0.1) is 11.3 Å². The molecule has 11 rings (SSSR count). The van der Waals surface area contributed by atoms with Crippen molar-refractivity contribution in [3.63, 3.8) is 0 Å². The molecule has 0 atom stereocenters. The van der Waals surface area contributed by atoms with Crippen LogP contribution >= 0.6 is 11.3 Å². The van der Waals surface area contributed by atoms with Crippen LogP contribution in [0.4, 0.5) is 0 Å². The summed E-state index contributed by atoms with van der Waals surface area (Å²) in [6.45, 7) is 4.69. The van der Waals surface area contributed by atoms with Crippen LogP contribution in [0.3, 0.4) is 0 Å². The van der Waals surface area contributed by atoms with Crippen LogP contribution in [0.2, 0.25) is 0 Å². The number of aromatic nitrogens is 2. The monoisotopic (exact) mass is 732 g/mol. The molecule has 10 aromatic rings. The molecule has 0 bridgehead atoms. The largest absolute Gasteiger partial charge is 0.228 e. The second-order valence-corrected chi connectivity index (χ2v) is 16.4. The smallest absolute Gasteiger partial charge is 0.160 e. The highest BCUT2D eigenvalue weighted by Gasteiger charge is 2.37. The minimum atomic E-state index is -0.142. The van der Waals surface area contributed by atoms with E-state index in [1.807, 2.05) is 17.4 Å². The van der Waals surface area contributed by atoms with E-state index in [4.69, 9.17) is 9.97 Å². The maximum atomic E-state index is 5.30. The SMILES string of the molecule is CC1(C)c2cc3ccccc3cc2-c2c(-c3cc(-c4ccc(-c5ccccc5-c5cccc6sc7ccccc7c56)cc4)nc(-c4ccccc4)n3)cccc21. The van der Waals surface area contributed by atoms with Gasteiger partial charge < -0.3 is 0 Å². The van der Waals surface area contributed by atoms with E-state index in [9.17, 15) is 0 Å². The number of fused-ring (bicyclic) bond motifs is 7. The zero-order chi connectivity index (χ0) is 37.4. The third-order valence-corrected chi connectivity index (χ3v) is 12.8. The van der Waals surface area contributed by atoms with Crippen molar-refractivity contribution in [2.75, 3.05) is 0 Å². The van der Waals surface area contributed by atoms with Crippen molar-refractivity contribution in [3.8, 4) is 67.3 Å². The van der Waals surface area contributed by atoms with Crippen molar-refractivity contribution in [2.45, 2.75) is 19.3 Å². The Morgan fingerprint density at radius 2 is 1.04 bits per heavy atom. The van der Waals surface area contributed by atoms with Gasteiger partial charge >= 0.3 is 0 Å². The normalized spacial score (nSPS) is 13.0. The lowest BCUT2D eigenvalue weighted by atomic mass is 9.81. The summed E-state index contributed by atoms with van der Waals surface area (Å²) in [7, 11) is 0. The van der Waals surface area contributed by atoms with E-state index in [0.717, 1.165) is 33.9 Å². The molecule has 0 fully saturated rings. The van der Waals surface area contributed by atoms with Gasteiger partial charge in [-0.1, -0.05) is 166 Å². The second-order valence-electron chi connectivity index (χ2n) is 15.3. The third kappa shape index (κ3) is 5.16. The second kappa shape index (κ2) is 12.7. The molecule has 2 aromatic heterocycles. The van der Waals surface area contributed by atoms with Crippen molar-refractivity contribution < 1.29 is 0 Å². The zero-order valence-corrected chi connectivity index (χ0v) is 31.9. The highest BCUT2D eigenvalue weighted by atomic mass is 32.1. The molecule has 2 nitrogen and oxygen atoms in total. The van der Waals surface area contributed by atoms with Crippen LogP contribution in [0.25, 0.3) is 98.2 Å². The number of nitrogens with zero attached hydrogens (tertiary/aromatic N) is 2. The molecular formula is C53H36N2S. The van der Waals surface area contributed by atoms with Gasteiger partial charge in [-0.25, -0.2) is 9.97 Å². The molecule has 0 saturated heterocycles. The first-order valence-electron chi connectivity index (χ1n) is 19.2. The van der Waals surface area contributed by atoms with Gasteiger partial charge in [0.1, 0.15) is 0 Å². The van der Waals surface area contributed by atoms with Crippen LogP contribution in [-0.2, 0) is 5.41 Å². The lowest BCUT2D eigenvalue weighted by Crippen LogP contribution is -2.14. The average molecular weight is 733 g/mol. The van der Waals surface area contributed by atoms with Crippen LogP contribution in [0.15, 0.2) is 182 Å². The molecule has 3 heteroatoms. The van der Waals surface area contributed by atoms with Crippen molar-refractivity contribution in [1.29, 1.82) is 0 Å². The Labute approximate surface area is 330 Å². The third-order valence-electron chi connectivity index (χ3n) is 11.7. The molecule has 0 radical (unpaired) electrons. The van der Waals surface area contributed by atoms with Crippen molar-refractivity contribution in [3.05, 3.63) is 193 Å². The van der Waals surface area contributed by atoms with Gasteiger partial charge in [-0.05, 0) is 85.6 Å². The zero-order valence-electron chi connectivity index (χ0n) is 31.1. The summed E-state index contributed by atoms with van der Waals surface area (Å²) in [6, 6.07) is 65.8. The molecule has 0 unspecified atom stereocenters. The molecular weight excluding hydrogens is 697 g/mol. The van der Waals surface area contributed by atoms with Crippen molar-refractivity contribution >= 4 is 42.3 Å². The van der Waals surface area contributed by atoms with Crippen LogP contribution in [-0.4, -0.2) is 9.97 Å². The van der Waals surface area contributed by atoms with Gasteiger partial charge in [0, 0.05) is 42.3 Å². The molecule has 1 aliphatic rings. The standard InChI is InChI=1S/C53H36N2S/c1-53(2)44-23-12-22-41(50(44)43-30-36-16-6-7-17-37(36)31-45(43)53)47-32-46(54-52(55-47)35-14-4-3-5-15-35)34-28-26-33(27-29-34)38-18-8-9-19-39(38)40-21-13-25-49-51(40)42-20-10-11-24-48(42)56-49/h3-32H,1-2H3. The fourth-order valence-electron chi connectivity index (χ4n) is 8.92. The van der Waals surface area contributed by atoms with Gasteiger partial charge in [0.05, 0.1) is 11.4 Å². The lowest BCUT2D eigenvalue weighted by Gasteiger charge is -2.22. The van der Waals surface area contributed by atoms with E-state index >= 15 is 0 Å². The fraction of sp³-hybridized carbons (Fsp3) is 0.0566. The number of rotatable bonds is 5. The van der Waals surface area contributed by atoms with Gasteiger partial charge in [0.25, 0.3) is 0 Å². The molecule has 0 aliphatic heterocycles. The fourth-order valence-corrected chi connectivity index (χ4v) is 10.1. The average Bonchev–Trinajstić information content (AvgIpc) is 3.75. The number of hydrogen-bond donors (Lipinski definition) is 0. The van der Waals surface area contributed by atoms with Crippen molar-refractivity contribution in [1.82, 2.24) is 9.97 Å². The molecule has 56 heavy (non-hydrogen) atoms. The summed E-state index contributed by atoms with van der Waals surface area (Å²) in [5.74, 6) is 0.720. The summed E-state index contributed by atoms with van der Waals surface area (Å²) >= 11 is 1.86. The van der Waals surface area contributed by atoms with E-state index in [1.165, 1.54) is 75.5 Å². The molecule has 2 heterocycles. The minimum absolute atomic E-state index is 0.142. The Morgan fingerprint density at radius 1 is 0.411 bits per heavy atom. The number of thiophene rings is 1. The molecule has 1 aliphatic carbocycles. The topological polar surface area (TPSA) is 25.8 Å². The molecule has 0 amide bonds. The number of hydrogen-bond acceptors (Lipinski definition) is 3. The Balaban J connectivity index is 1.05. The van der Waals surface area contributed by atoms with Crippen LogP contribution in [0.1, 0.15) is 25.0 Å². The predicted octanol–water partition coefficient (Wildman–Crippen LogP) is 14.6. The van der Waals surface area contributed by atoms with Gasteiger partial charge in [0.15, 0.2) is 5.82 Å². The summed E-state index contributed by atoms with van der Waals surface area (Å²) in [4.78, 5) is 10.5. The van der Waals surface area contributed by atoms with Crippen molar-refractivity contribution in [2.24, 2.45) is 0 Å². The van der Waals surface area contributed by atoms with Crippen LogP contribution in [0.5, 0.6) is 0 Å². The molecule has 8 aromatic carbocycles. The Bertz CT molecular complexity index is 3150. The van der Waals surface area contributed by atoms with E-state index < -0.39 is 0 Å². The van der Waals surface area contributed by atoms with Gasteiger partial charge in [-0.2, -0.15) is 0 Å². The molecule has 0 N–H and O–H groups in total. The van der Waals surface area contributed by atoms with Crippen LogP contribution in [0, 0.1) is 0 Å².